The van der Waals surface area contributed by atoms with Gasteiger partial charge in [-0.05, 0) is 13.3 Å². The van der Waals surface area contributed by atoms with Gasteiger partial charge in [-0.25, -0.2) is 0 Å². The Balaban J connectivity index is 1.73. The third-order valence-corrected chi connectivity index (χ3v) is 3.91. The molecule has 2 aromatic heterocycles. The molecular weight excluding hydrogens is 280 g/mol. The number of nitrogens with one attached hydrogen (secondary N) is 1. The molecule has 106 valence electrons. The SMILES string of the molecule is Cc1nn(C)c(Cl)c1C(=O)NCc1nnc2n1CCC2. The van der Waals surface area contributed by atoms with Crippen LogP contribution < -0.4 is 5.32 Å². The van der Waals surface area contributed by atoms with E-state index in [1.165, 1.54) is 4.68 Å². The molecule has 7 nitrogen and oxygen atoms in total. The molecule has 0 radical (unpaired) electrons. The molecule has 0 atom stereocenters. The van der Waals surface area contributed by atoms with Crippen LogP contribution in [0.2, 0.25) is 5.15 Å². The Morgan fingerprint density at radius 1 is 1.45 bits per heavy atom. The molecule has 0 fully saturated rings. The molecule has 0 saturated carbocycles. The summed E-state index contributed by atoms with van der Waals surface area (Å²) in [5, 5.41) is 15.5. The van der Waals surface area contributed by atoms with Gasteiger partial charge in [0, 0.05) is 20.0 Å². The fourth-order valence-corrected chi connectivity index (χ4v) is 2.74. The molecule has 2 aromatic rings. The van der Waals surface area contributed by atoms with Gasteiger partial charge in [0.15, 0.2) is 5.82 Å². The van der Waals surface area contributed by atoms with E-state index in [2.05, 4.69) is 25.2 Å². The largest absolute Gasteiger partial charge is 0.345 e. The molecule has 0 bridgehead atoms. The summed E-state index contributed by atoms with van der Waals surface area (Å²) in [4.78, 5) is 12.2. The molecule has 0 spiro atoms. The monoisotopic (exact) mass is 294 g/mol. The standard InChI is InChI=1S/C12H15ClN6O/c1-7-10(11(13)18(2)17-7)12(20)14-6-9-16-15-8-4-3-5-19(8)9/h3-6H2,1-2H3,(H,14,20). The highest BCUT2D eigenvalue weighted by Crippen LogP contribution is 2.19. The maximum atomic E-state index is 12.2. The number of carbonyl (C=O) groups excluding carboxylic acids is 1. The lowest BCUT2D eigenvalue weighted by molar-refractivity contribution is 0.0949. The Bertz CT molecular complexity index is 674. The zero-order chi connectivity index (χ0) is 14.3. The van der Waals surface area contributed by atoms with Crippen molar-refractivity contribution in [2.45, 2.75) is 32.9 Å². The Morgan fingerprint density at radius 2 is 2.25 bits per heavy atom. The van der Waals surface area contributed by atoms with Crippen LogP contribution in [-0.4, -0.2) is 30.5 Å². The quantitative estimate of drug-likeness (QED) is 0.910. The first-order valence-corrected chi connectivity index (χ1v) is 6.84. The lowest BCUT2D eigenvalue weighted by atomic mass is 10.2. The Labute approximate surface area is 120 Å². The number of nitrogens with zero attached hydrogens (tertiary/aromatic N) is 5. The van der Waals surface area contributed by atoms with Crippen LogP contribution in [0.15, 0.2) is 0 Å². The highest BCUT2D eigenvalue weighted by Gasteiger charge is 2.21. The van der Waals surface area contributed by atoms with E-state index in [1.54, 1.807) is 14.0 Å². The van der Waals surface area contributed by atoms with E-state index >= 15 is 0 Å². The summed E-state index contributed by atoms with van der Waals surface area (Å²) in [6.45, 7) is 3.02. The maximum Gasteiger partial charge on any atom is 0.256 e. The van der Waals surface area contributed by atoms with E-state index in [0.29, 0.717) is 23.0 Å². The average Bonchev–Trinajstić information content (AvgIpc) is 3.04. The Morgan fingerprint density at radius 3 is 2.95 bits per heavy atom. The number of rotatable bonds is 3. The number of aryl methyl sites for hydroxylation is 3. The van der Waals surface area contributed by atoms with Crippen molar-refractivity contribution < 1.29 is 4.79 Å². The molecule has 20 heavy (non-hydrogen) atoms. The van der Waals surface area contributed by atoms with Gasteiger partial charge in [0.1, 0.15) is 11.0 Å². The van der Waals surface area contributed by atoms with Gasteiger partial charge in [-0.3, -0.25) is 9.48 Å². The van der Waals surface area contributed by atoms with Gasteiger partial charge >= 0.3 is 0 Å². The Hall–Kier alpha value is -1.89. The second-order valence-corrected chi connectivity index (χ2v) is 5.20. The zero-order valence-corrected chi connectivity index (χ0v) is 12.1. The van der Waals surface area contributed by atoms with Crippen LogP contribution in [0, 0.1) is 6.92 Å². The third kappa shape index (κ3) is 2.07. The lowest BCUT2D eigenvalue weighted by Gasteiger charge is -2.05. The second-order valence-electron chi connectivity index (χ2n) is 4.85. The van der Waals surface area contributed by atoms with Crippen molar-refractivity contribution in [2.75, 3.05) is 0 Å². The number of aromatic nitrogens is 5. The molecule has 3 heterocycles. The van der Waals surface area contributed by atoms with Crippen LogP contribution in [0.1, 0.15) is 34.1 Å². The summed E-state index contributed by atoms with van der Waals surface area (Å²) in [7, 11) is 1.71. The van der Waals surface area contributed by atoms with Crippen molar-refractivity contribution in [1.29, 1.82) is 0 Å². The van der Waals surface area contributed by atoms with Gasteiger partial charge < -0.3 is 9.88 Å². The molecule has 0 aromatic carbocycles. The van der Waals surface area contributed by atoms with Crippen LogP contribution in [0.25, 0.3) is 0 Å². The van der Waals surface area contributed by atoms with Crippen LogP contribution in [0.3, 0.4) is 0 Å². The van der Waals surface area contributed by atoms with Gasteiger partial charge in [0.05, 0.1) is 17.8 Å². The smallest absolute Gasteiger partial charge is 0.256 e. The van der Waals surface area contributed by atoms with E-state index in [9.17, 15) is 4.79 Å². The van der Waals surface area contributed by atoms with E-state index in [-0.39, 0.29) is 5.91 Å². The number of halogens is 1. The van der Waals surface area contributed by atoms with Gasteiger partial charge in [-0.2, -0.15) is 5.10 Å². The molecular formula is C12H15ClN6O. The highest BCUT2D eigenvalue weighted by atomic mass is 35.5. The number of fused-ring (bicyclic) bond motifs is 1. The van der Waals surface area contributed by atoms with Crippen LogP contribution >= 0.6 is 11.6 Å². The molecule has 1 aliphatic rings. The van der Waals surface area contributed by atoms with Crippen LogP contribution in [0.5, 0.6) is 0 Å². The topological polar surface area (TPSA) is 77.6 Å². The van der Waals surface area contributed by atoms with E-state index < -0.39 is 0 Å². The minimum absolute atomic E-state index is 0.240. The summed E-state index contributed by atoms with van der Waals surface area (Å²) in [6.07, 6.45) is 2.04. The molecule has 0 saturated heterocycles. The number of amides is 1. The van der Waals surface area contributed by atoms with Crippen molar-refractivity contribution in [1.82, 2.24) is 29.9 Å². The first-order valence-electron chi connectivity index (χ1n) is 6.46. The molecule has 0 unspecified atom stereocenters. The summed E-state index contributed by atoms with van der Waals surface area (Å²) < 4.78 is 3.54. The zero-order valence-electron chi connectivity index (χ0n) is 11.4. The lowest BCUT2D eigenvalue weighted by Crippen LogP contribution is -2.25. The second kappa shape index (κ2) is 4.90. The first-order chi connectivity index (χ1) is 9.58. The van der Waals surface area contributed by atoms with Crippen molar-refractivity contribution in [3.8, 4) is 0 Å². The van der Waals surface area contributed by atoms with Gasteiger partial charge in [-0.15, -0.1) is 10.2 Å². The van der Waals surface area contributed by atoms with Crippen molar-refractivity contribution in [2.24, 2.45) is 7.05 Å². The fraction of sp³-hybridized carbons (Fsp3) is 0.500. The summed E-state index contributed by atoms with van der Waals surface area (Å²) in [5.74, 6) is 1.53. The minimum atomic E-state index is -0.240. The molecule has 0 aliphatic carbocycles. The van der Waals surface area contributed by atoms with Crippen molar-refractivity contribution in [3.05, 3.63) is 28.1 Å². The maximum absolute atomic E-state index is 12.2. The first kappa shape index (κ1) is 13.1. The highest BCUT2D eigenvalue weighted by molar-refractivity contribution is 6.33. The van der Waals surface area contributed by atoms with Crippen LogP contribution in [-0.2, 0) is 26.6 Å². The van der Waals surface area contributed by atoms with E-state index in [4.69, 9.17) is 11.6 Å². The molecule has 1 N–H and O–H groups in total. The normalized spacial score (nSPS) is 13.6. The third-order valence-electron chi connectivity index (χ3n) is 3.47. The molecule has 3 rings (SSSR count). The molecule has 8 heteroatoms. The number of hydrogen-bond donors (Lipinski definition) is 1. The predicted octanol–water partition coefficient (Wildman–Crippen LogP) is 0.850. The van der Waals surface area contributed by atoms with Crippen molar-refractivity contribution in [3.63, 3.8) is 0 Å². The van der Waals surface area contributed by atoms with Crippen LogP contribution in [0.4, 0.5) is 0 Å². The van der Waals surface area contributed by atoms with Gasteiger partial charge in [0.2, 0.25) is 0 Å². The van der Waals surface area contributed by atoms with Crippen molar-refractivity contribution >= 4 is 17.5 Å². The predicted molar refractivity (Wildman–Crippen MR) is 72.5 cm³/mol. The summed E-state index contributed by atoms with van der Waals surface area (Å²) in [5.41, 5.74) is 1.02. The van der Waals surface area contributed by atoms with Gasteiger partial charge in [0.25, 0.3) is 5.91 Å². The van der Waals surface area contributed by atoms with E-state index in [0.717, 1.165) is 31.0 Å². The minimum Gasteiger partial charge on any atom is -0.345 e. The number of hydrogen-bond acceptors (Lipinski definition) is 4. The molecule has 1 aliphatic heterocycles. The molecule has 1 amide bonds. The number of carbonyl (C=O) groups is 1. The summed E-state index contributed by atoms with van der Waals surface area (Å²) in [6, 6.07) is 0. The summed E-state index contributed by atoms with van der Waals surface area (Å²) >= 11 is 6.07. The Kier molecular flexibility index (Phi) is 3.21. The average molecular weight is 295 g/mol. The fourth-order valence-electron chi connectivity index (χ4n) is 2.48. The van der Waals surface area contributed by atoms with Gasteiger partial charge in [-0.1, -0.05) is 11.6 Å². The van der Waals surface area contributed by atoms with E-state index in [1.807, 2.05) is 0 Å².